The highest BCUT2D eigenvalue weighted by molar-refractivity contribution is 5.91. The minimum absolute atomic E-state index is 0.333. The number of ether oxygens (including phenoxy) is 2. The van der Waals surface area contributed by atoms with Crippen molar-refractivity contribution in [3.8, 4) is 11.5 Å². The van der Waals surface area contributed by atoms with Gasteiger partial charge in [-0.05, 0) is 51.8 Å². The maximum atomic E-state index is 12.7. The highest BCUT2D eigenvalue weighted by Gasteiger charge is 2.33. The molecule has 1 aromatic rings. The summed E-state index contributed by atoms with van der Waals surface area (Å²) in [6.45, 7) is 10.2. The first-order valence-corrected chi connectivity index (χ1v) is 8.71. The average molecular weight is 351 g/mol. The van der Waals surface area contributed by atoms with Crippen molar-refractivity contribution >= 4 is 11.9 Å². The molecule has 1 atom stereocenters. The summed E-state index contributed by atoms with van der Waals surface area (Å²) < 4.78 is 11.2. The van der Waals surface area contributed by atoms with E-state index in [0.717, 1.165) is 5.56 Å². The van der Waals surface area contributed by atoms with E-state index >= 15 is 0 Å². The number of hydrogen-bond acceptors (Lipinski definition) is 4. The predicted octanol–water partition coefficient (Wildman–Crippen LogP) is 3.13. The second-order valence-corrected chi connectivity index (χ2v) is 6.31. The fraction of sp³-hybridized carbons (Fsp3) is 0.579. The minimum Gasteiger partial charge on any atom is -0.490 e. The van der Waals surface area contributed by atoms with Crippen LogP contribution < -0.4 is 14.8 Å². The third-order valence-electron chi connectivity index (χ3n) is 4.01. The molecule has 6 heteroatoms. The molecule has 0 spiro atoms. The van der Waals surface area contributed by atoms with Crippen LogP contribution in [0.25, 0.3) is 0 Å². The largest absolute Gasteiger partial charge is 0.490 e. The molecule has 0 aliphatic carbocycles. The lowest BCUT2D eigenvalue weighted by atomic mass is 9.83. The Hall–Kier alpha value is -2.24. The van der Waals surface area contributed by atoms with E-state index in [-0.39, 0.29) is 5.91 Å². The van der Waals surface area contributed by atoms with E-state index in [1.807, 2.05) is 26.8 Å². The summed E-state index contributed by atoms with van der Waals surface area (Å²) in [4.78, 5) is 24.0. The number of aliphatic carboxylic acids is 1. The predicted molar refractivity (Wildman–Crippen MR) is 96.3 cm³/mol. The standard InChI is InChI=1S/C19H29NO5/c1-6-9-14(17(21)22)20-18(23)19(4,5)13-10-11-15(24-7-2)16(12-13)25-8-3/h10-12,14H,6-9H2,1-5H3,(H,20,23)(H,21,22). The number of carbonyl (C=O) groups excluding carboxylic acids is 1. The molecule has 1 amide bonds. The van der Waals surface area contributed by atoms with Crippen LogP contribution >= 0.6 is 0 Å². The maximum Gasteiger partial charge on any atom is 0.326 e. The van der Waals surface area contributed by atoms with Crippen LogP contribution in [-0.4, -0.2) is 36.2 Å². The Morgan fingerprint density at radius 3 is 2.24 bits per heavy atom. The number of benzene rings is 1. The van der Waals surface area contributed by atoms with Crippen LogP contribution in [-0.2, 0) is 15.0 Å². The van der Waals surface area contributed by atoms with Crippen molar-refractivity contribution in [3.05, 3.63) is 23.8 Å². The van der Waals surface area contributed by atoms with Gasteiger partial charge < -0.3 is 19.9 Å². The summed E-state index contributed by atoms with van der Waals surface area (Å²) >= 11 is 0. The van der Waals surface area contributed by atoms with Gasteiger partial charge in [-0.1, -0.05) is 19.4 Å². The van der Waals surface area contributed by atoms with E-state index in [1.165, 1.54) is 0 Å². The lowest BCUT2D eigenvalue weighted by Crippen LogP contribution is -2.48. The number of hydrogen-bond donors (Lipinski definition) is 2. The molecule has 0 bridgehead atoms. The molecule has 0 saturated heterocycles. The van der Waals surface area contributed by atoms with Crippen LogP contribution in [0.1, 0.15) is 53.0 Å². The van der Waals surface area contributed by atoms with Gasteiger partial charge in [0.15, 0.2) is 11.5 Å². The Kier molecular flexibility index (Phi) is 7.74. The molecule has 0 fully saturated rings. The molecule has 25 heavy (non-hydrogen) atoms. The molecular weight excluding hydrogens is 322 g/mol. The highest BCUT2D eigenvalue weighted by Crippen LogP contribution is 2.34. The summed E-state index contributed by atoms with van der Waals surface area (Å²) in [5, 5.41) is 11.9. The van der Waals surface area contributed by atoms with Crippen molar-refractivity contribution in [3.63, 3.8) is 0 Å². The van der Waals surface area contributed by atoms with E-state index in [2.05, 4.69) is 5.32 Å². The van der Waals surface area contributed by atoms with Crippen molar-refractivity contribution < 1.29 is 24.2 Å². The molecule has 0 saturated carbocycles. The number of carboxylic acid groups (broad SMARTS) is 1. The summed E-state index contributed by atoms with van der Waals surface area (Å²) in [6, 6.07) is 4.48. The molecular formula is C19H29NO5. The van der Waals surface area contributed by atoms with Gasteiger partial charge in [0, 0.05) is 0 Å². The molecule has 0 heterocycles. The van der Waals surface area contributed by atoms with Gasteiger partial charge >= 0.3 is 5.97 Å². The molecule has 0 aliphatic rings. The molecule has 1 unspecified atom stereocenters. The van der Waals surface area contributed by atoms with Gasteiger partial charge in [0.25, 0.3) is 0 Å². The highest BCUT2D eigenvalue weighted by atomic mass is 16.5. The smallest absolute Gasteiger partial charge is 0.326 e. The van der Waals surface area contributed by atoms with Crippen LogP contribution in [0.3, 0.4) is 0 Å². The summed E-state index contributed by atoms with van der Waals surface area (Å²) in [6.07, 6.45) is 1.07. The lowest BCUT2D eigenvalue weighted by Gasteiger charge is -2.27. The molecule has 0 radical (unpaired) electrons. The Bertz CT molecular complexity index is 597. The van der Waals surface area contributed by atoms with E-state index in [4.69, 9.17) is 9.47 Å². The second-order valence-electron chi connectivity index (χ2n) is 6.31. The third-order valence-corrected chi connectivity index (χ3v) is 4.01. The van der Waals surface area contributed by atoms with Gasteiger partial charge in [-0.2, -0.15) is 0 Å². The molecule has 0 aliphatic heterocycles. The normalized spacial score (nSPS) is 12.4. The zero-order valence-corrected chi connectivity index (χ0v) is 15.7. The van der Waals surface area contributed by atoms with Crippen molar-refractivity contribution in [1.29, 1.82) is 0 Å². The molecule has 2 N–H and O–H groups in total. The average Bonchev–Trinajstić information content (AvgIpc) is 2.56. The Morgan fingerprint density at radius 1 is 1.12 bits per heavy atom. The second kappa shape index (κ2) is 9.30. The summed E-state index contributed by atoms with van der Waals surface area (Å²) in [5.74, 6) is -0.155. The van der Waals surface area contributed by atoms with Crippen molar-refractivity contribution in [2.24, 2.45) is 0 Å². The first-order chi connectivity index (χ1) is 11.8. The zero-order chi connectivity index (χ0) is 19.0. The molecule has 140 valence electrons. The Labute approximate surface area is 149 Å². The van der Waals surface area contributed by atoms with Crippen molar-refractivity contribution in [1.82, 2.24) is 5.32 Å². The van der Waals surface area contributed by atoms with Crippen LogP contribution in [0.15, 0.2) is 18.2 Å². The minimum atomic E-state index is -1.02. The van der Waals surface area contributed by atoms with Gasteiger partial charge in [-0.25, -0.2) is 4.79 Å². The monoisotopic (exact) mass is 351 g/mol. The van der Waals surface area contributed by atoms with E-state index < -0.39 is 17.4 Å². The van der Waals surface area contributed by atoms with E-state index in [1.54, 1.807) is 26.0 Å². The van der Waals surface area contributed by atoms with Crippen LogP contribution in [0.2, 0.25) is 0 Å². The number of carboxylic acids is 1. The van der Waals surface area contributed by atoms with E-state index in [9.17, 15) is 14.7 Å². The first-order valence-electron chi connectivity index (χ1n) is 8.71. The molecule has 6 nitrogen and oxygen atoms in total. The van der Waals surface area contributed by atoms with Gasteiger partial charge in [-0.15, -0.1) is 0 Å². The zero-order valence-electron chi connectivity index (χ0n) is 15.7. The summed E-state index contributed by atoms with van der Waals surface area (Å²) in [5.41, 5.74) is -0.171. The van der Waals surface area contributed by atoms with Gasteiger partial charge in [0.1, 0.15) is 6.04 Å². The topological polar surface area (TPSA) is 84.9 Å². The van der Waals surface area contributed by atoms with Crippen LogP contribution in [0.5, 0.6) is 11.5 Å². The molecule has 0 aromatic heterocycles. The van der Waals surface area contributed by atoms with Crippen molar-refractivity contribution in [2.45, 2.75) is 58.9 Å². The van der Waals surface area contributed by atoms with Gasteiger partial charge in [0.2, 0.25) is 5.91 Å². The van der Waals surface area contributed by atoms with Crippen molar-refractivity contribution in [2.75, 3.05) is 13.2 Å². The third kappa shape index (κ3) is 5.37. The maximum absolute atomic E-state index is 12.7. The van der Waals surface area contributed by atoms with Gasteiger partial charge in [0.05, 0.1) is 18.6 Å². The number of nitrogens with one attached hydrogen (secondary N) is 1. The molecule has 1 rings (SSSR count). The van der Waals surface area contributed by atoms with Gasteiger partial charge in [-0.3, -0.25) is 4.79 Å². The fourth-order valence-electron chi connectivity index (χ4n) is 2.46. The quantitative estimate of drug-likeness (QED) is 0.676. The Balaban J connectivity index is 3.08. The Morgan fingerprint density at radius 2 is 1.72 bits per heavy atom. The number of rotatable bonds is 10. The summed E-state index contributed by atoms with van der Waals surface area (Å²) in [7, 11) is 0. The fourth-order valence-corrected chi connectivity index (χ4v) is 2.46. The SMILES string of the molecule is CCCC(NC(=O)C(C)(C)c1ccc(OCC)c(OCC)c1)C(=O)O. The number of amides is 1. The number of carbonyl (C=O) groups is 2. The lowest BCUT2D eigenvalue weighted by molar-refractivity contribution is -0.142. The van der Waals surface area contributed by atoms with Crippen LogP contribution in [0.4, 0.5) is 0 Å². The first kappa shape index (κ1) is 20.8. The van der Waals surface area contributed by atoms with Crippen LogP contribution in [0, 0.1) is 0 Å². The molecule has 1 aromatic carbocycles. The van der Waals surface area contributed by atoms with E-state index in [0.29, 0.717) is 37.6 Å².